The zero-order chi connectivity index (χ0) is 14.3. The second kappa shape index (κ2) is 7.28. The molecule has 1 aromatic heterocycles. The van der Waals surface area contributed by atoms with Crippen LogP contribution in [0.2, 0.25) is 0 Å². The van der Waals surface area contributed by atoms with E-state index in [2.05, 4.69) is 48.3 Å². The van der Waals surface area contributed by atoms with Gasteiger partial charge in [0.2, 0.25) is 0 Å². The summed E-state index contributed by atoms with van der Waals surface area (Å²) in [7, 11) is 0. The summed E-state index contributed by atoms with van der Waals surface area (Å²) in [5.74, 6) is 2.23. The highest BCUT2D eigenvalue weighted by Crippen LogP contribution is 2.25. The quantitative estimate of drug-likeness (QED) is 0.674. The molecule has 108 valence electrons. The first-order valence-electron chi connectivity index (χ1n) is 6.83. The van der Waals surface area contributed by atoms with Gasteiger partial charge in [0.1, 0.15) is 18.0 Å². The van der Waals surface area contributed by atoms with Gasteiger partial charge in [-0.2, -0.15) is 0 Å². The number of nitrogens with one attached hydrogen (secondary N) is 2. The SMILES string of the molecule is CC(C)CC(C)(C)CNc1cc(NCCO)ncn1. The molecule has 3 N–H and O–H groups in total. The van der Waals surface area contributed by atoms with E-state index in [4.69, 9.17) is 5.11 Å². The lowest BCUT2D eigenvalue weighted by molar-refractivity contribution is 0.306. The zero-order valence-corrected chi connectivity index (χ0v) is 12.4. The lowest BCUT2D eigenvalue weighted by Crippen LogP contribution is -2.25. The largest absolute Gasteiger partial charge is 0.395 e. The fourth-order valence-electron chi connectivity index (χ4n) is 2.24. The summed E-state index contributed by atoms with van der Waals surface area (Å²) in [6, 6.07) is 1.86. The number of anilines is 2. The molecule has 0 unspecified atom stereocenters. The first kappa shape index (κ1) is 15.7. The highest BCUT2D eigenvalue weighted by atomic mass is 16.3. The van der Waals surface area contributed by atoms with Crippen molar-refractivity contribution < 1.29 is 5.11 Å². The van der Waals surface area contributed by atoms with Crippen LogP contribution >= 0.6 is 0 Å². The van der Waals surface area contributed by atoms with Crippen molar-refractivity contribution in [2.75, 3.05) is 30.3 Å². The molecule has 1 rings (SSSR count). The van der Waals surface area contributed by atoms with E-state index in [1.165, 1.54) is 12.7 Å². The minimum absolute atomic E-state index is 0.0915. The average Bonchev–Trinajstić information content (AvgIpc) is 2.33. The molecule has 0 spiro atoms. The summed E-state index contributed by atoms with van der Waals surface area (Å²) in [6.45, 7) is 10.5. The molecule has 0 aliphatic heterocycles. The molecule has 0 radical (unpaired) electrons. The molecule has 5 nitrogen and oxygen atoms in total. The minimum Gasteiger partial charge on any atom is -0.395 e. The van der Waals surface area contributed by atoms with Crippen LogP contribution in [-0.4, -0.2) is 34.8 Å². The van der Waals surface area contributed by atoms with Crippen LogP contribution in [0.4, 0.5) is 11.6 Å². The van der Waals surface area contributed by atoms with Crippen LogP contribution in [0.15, 0.2) is 12.4 Å². The number of rotatable bonds is 8. The van der Waals surface area contributed by atoms with E-state index >= 15 is 0 Å². The number of aliphatic hydroxyl groups excluding tert-OH is 1. The fourth-order valence-corrected chi connectivity index (χ4v) is 2.24. The van der Waals surface area contributed by atoms with Crippen molar-refractivity contribution in [2.45, 2.75) is 34.1 Å². The van der Waals surface area contributed by atoms with Gasteiger partial charge in [-0.15, -0.1) is 0 Å². The third-order valence-corrected chi connectivity index (χ3v) is 2.79. The van der Waals surface area contributed by atoms with Crippen molar-refractivity contribution in [1.29, 1.82) is 0 Å². The average molecular weight is 266 g/mol. The molecular weight excluding hydrogens is 240 g/mol. The van der Waals surface area contributed by atoms with Crippen molar-refractivity contribution in [3.63, 3.8) is 0 Å². The zero-order valence-electron chi connectivity index (χ0n) is 12.4. The summed E-state index contributed by atoms with van der Waals surface area (Å²) < 4.78 is 0. The van der Waals surface area contributed by atoms with E-state index < -0.39 is 0 Å². The van der Waals surface area contributed by atoms with Gasteiger partial charge in [0, 0.05) is 19.2 Å². The molecule has 5 heteroatoms. The molecule has 0 bridgehead atoms. The number of aliphatic hydroxyl groups is 1. The summed E-state index contributed by atoms with van der Waals surface area (Å²) in [6.07, 6.45) is 2.69. The van der Waals surface area contributed by atoms with E-state index in [0.29, 0.717) is 12.5 Å². The van der Waals surface area contributed by atoms with E-state index in [9.17, 15) is 0 Å². The molecule has 19 heavy (non-hydrogen) atoms. The Bertz CT molecular complexity index is 379. The molecule has 0 aromatic carbocycles. The normalized spacial score (nSPS) is 11.7. The Morgan fingerprint density at radius 2 is 1.84 bits per heavy atom. The smallest absolute Gasteiger partial charge is 0.131 e. The highest BCUT2D eigenvalue weighted by molar-refractivity contribution is 5.46. The van der Waals surface area contributed by atoms with E-state index in [1.54, 1.807) is 0 Å². The minimum atomic E-state index is 0.0915. The van der Waals surface area contributed by atoms with Crippen molar-refractivity contribution >= 4 is 11.6 Å². The topological polar surface area (TPSA) is 70.1 Å². The van der Waals surface area contributed by atoms with E-state index in [1.807, 2.05) is 6.07 Å². The monoisotopic (exact) mass is 266 g/mol. The molecule has 1 aromatic rings. The maximum absolute atomic E-state index is 8.77. The third kappa shape index (κ3) is 6.38. The Morgan fingerprint density at radius 1 is 1.21 bits per heavy atom. The Kier molecular flexibility index (Phi) is 6.02. The van der Waals surface area contributed by atoms with Crippen LogP contribution in [0.5, 0.6) is 0 Å². The summed E-state index contributed by atoms with van der Waals surface area (Å²) in [5, 5.41) is 15.1. The Labute approximate surface area is 115 Å². The van der Waals surface area contributed by atoms with E-state index in [-0.39, 0.29) is 12.0 Å². The number of aromatic nitrogens is 2. The van der Waals surface area contributed by atoms with Crippen LogP contribution in [0, 0.1) is 11.3 Å². The van der Waals surface area contributed by atoms with Gasteiger partial charge in [-0.1, -0.05) is 27.7 Å². The summed E-state index contributed by atoms with van der Waals surface area (Å²) >= 11 is 0. The van der Waals surface area contributed by atoms with Gasteiger partial charge in [-0.3, -0.25) is 0 Å². The Balaban J connectivity index is 2.52. The second-order valence-corrected chi connectivity index (χ2v) is 6.05. The molecule has 0 atom stereocenters. The predicted octanol–water partition coefficient (Wildman–Crippen LogP) is 2.37. The lowest BCUT2D eigenvalue weighted by atomic mass is 9.84. The second-order valence-electron chi connectivity index (χ2n) is 6.05. The van der Waals surface area contributed by atoms with Crippen LogP contribution in [0.1, 0.15) is 34.1 Å². The molecule has 0 aliphatic rings. The molecule has 0 amide bonds. The maximum Gasteiger partial charge on any atom is 0.131 e. The van der Waals surface area contributed by atoms with Gasteiger partial charge in [0.15, 0.2) is 0 Å². The summed E-state index contributed by atoms with van der Waals surface area (Å²) in [4.78, 5) is 8.30. The van der Waals surface area contributed by atoms with Crippen molar-refractivity contribution in [3.8, 4) is 0 Å². The maximum atomic E-state index is 8.77. The summed E-state index contributed by atoms with van der Waals surface area (Å²) in [5.41, 5.74) is 0.234. The van der Waals surface area contributed by atoms with Gasteiger partial charge in [-0.25, -0.2) is 9.97 Å². The van der Waals surface area contributed by atoms with Crippen LogP contribution in [-0.2, 0) is 0 Å². The van der Waals surface area contributed by atoms with Gasteiger partial charge in [0.25, 0.3) is 0 Å². The van der Waals surface area contributed by atoms with Crippen molar-refractivity contribution in [2.24, 2.45) is 11.3 Å². The highest BCUT2D eigenvalue weighted by Gasteiger charge is 2.19. The van der Waals surface area contributed by atoms with E-state index in [0.717, 1.165) is 18.2 Å². The molecule has 0 fully saturated rings. The first-order valence-corrected chi connectivity index (χ1v) is 6.83. The number of hydrogen-bond donors (Lipinski definition) is 3. The van der Waals surface area contributed by atoms with Gasteiger partial charge < -0.3 is 15.7 Å². The van der Waals surface area contributed by atoms with Crippen LogP contribution < -0.4 is 10.6 Å². The Morgan fingerprint density at radius 3 is 2.42 bits per heavy atom. The number of nitrogens with zero attached hydrogens (tertiary/aromatic N) is 2. The standard InChI is InChI=1S/C14H26N4O/c1-11(2)8-14(3,4)9-16-13-7-12(15-5-6-19)17-10-18-13/h7,10-11,19H,5-6,8-9H2,1-4H3,(H2,15,16,17,18). The fraction of sp³-hybridized carbons (Fsp3) is 0.714. The predicted molar refractivity (Wildman–Crippen MR) is 79.3 cm³/mol. The van der Waals surface area contributed by atoms with Crippen LogP contribution in [0.3, 0.4) is 0 Å². The van der Waals surface area contributed by atoms with Gasteiger partial charge >= 0.3 is 0 Å². The molecule has 0 aliphatic carbocycles. The van der Waals surface area contributed by atoms with Crippen molar-refractivity contribution in [1.82, 2.24) is 9.97 Å². The van der Waals surface area contributed by atoms with Crippen molar-refractivity contribution in [3.05, 3.63) is 12.4 Å². The molecule has 0 saturated carbocycles. The van der Waals surface area contributed by atoms with Gasteiger partial charge in [-0.05, 0) is 17.8 Å². The molecule has 0 saturated heterocycles. The Hall–Kier alpha value is -1.36. The molecular formula is C14H26N4O. The van der Waals surface area contributed by atoms with Crippen LogP contribution in [0.25, 0.3) is 0 Å². The number of hydrogen-bond acceptors (Lipinski definition) is 5. The first-order chi connectivity index (χ1) is 8.93. The van der Waals surface area contributed by atoms with Gasteiger partial charge in [0.05, 0.1) is 6.61 Å². The lowest BCUT2D eigenvalue weighted by Gasteiger charge is -2.27. The molecule has 1 heterocycles. The third-order valence-electron chi connectivity index (χ3n) is 2.79.